The van der Waals surface area contributed by atoms with Gasteiger partial charge in [0.05, 0.1) is 17.8 Å². The molecule has 1 fully saturated rings. The SMILES string of the molecule is Cc1sc(-c2ccco2)nc1C(=O)NCC1CCS(=O)(=O)C1. The van der Waals surface area contributed by atoms with Crippen LogP contribution in [0.4, 0.5) is 0 Å². The van der Waals surface area contributed by atoms with Crippen molar-refractivity contribution in [2.45, 2.75) is 13.3 Å². The predicted molar refractivity (Wildman–Crippen MR) is 83.6 cm³/mol. The van der Waals surface area contributed by atoms with Crippen LogP contribution in [0.1, 0.15) is 21.8 Å². The Bertz CT molecular complexity index is 778. The zero-order valence-corrected chi connectivity index (χ0v) is 13.7. The van der Waals surface area contributed by atoms with E-state index < -0.39 is 9.84 Å². The maximum Gasteiger partial charge on any atom is 0.271 e. The van der Waals surface area contributed by atoms with Gasteiger partial charge >= 0.3 is 0 Å². The Morgan fingerprint density at radius 1 is 1.55 bits per heavy atom. The number of carbonyl (C=O) groups excluding carboxylic acids is 1. The van der Waals surface area contributed by atoms with Gasteiger partial charge in [-0.2, -0.15) is 0 Å². The highest BCUT2D eigenvalue weighted by Crippen LogP contribution is 2.28. The van der Waals surface area contributed by atoms with Crippen LogP contribution in [0.15, 0.2) is 22.8 Å². The molecular weight excluding hydrogens is 324 g/mol. The number of hydrogen-bond acceptors (Lipinski definition) is 6. The summed E-state index contributed by atoms with van der Waals surface area (Å²) in [4.78, 5) is 17.3. The van der Waals surface area contributed by atoms with Gasteiger partial charge in [0.25, 0.3) is 5.91 Å². The minimum Gasteiger partial charge on any atom is -0.462 e. The molecule has 0 aromatic carbocycles. The van der Waals surface area contributed by atoms with E-state index in [4.69, 9.17) is 4.42 Å². The summed E-state index contributed by atoms with van der Waals surface area (Å²) in [5.74, 6) is 0.731. The van der Waals surface area contributed by atoms with E-state index in [1.807, 2.05) is 6.92 Å². The van der Waals surface area contributed by atoms with Crippen molar-refractivity contribution in [3.8, 4) is 10.8 Å². The second-order valence-corrected chi connectivity index (χ2v) is 8.81. The van der Waals surface area contributed by atoms with Crippen LogP contribution < -0.4 is 5.32 Å². The van der Waals surface area contributed by atoms with Crippen molar-refractivity contribution in [2.75, 3.05) is 18.1 Å². The van der Waals surface area contributed by atoms with Gasteiger partial charge in [-0.05, 0) is 31.4 Å². The van der Waals surface area contributed by atoms with E-state index in [1.165, 1.54) is 11.3 Å². The quantitative estimate of drug-likeness (QED) is 0.918. The number of nitrogens with zero attached hydrogens (tertiary/aromatic N) is 1. The number of rotatable bonds is 4. The zero-order valence-electron chi connectivity index (χ0n) is 12.0. The zero-order chi connectivity index (χ0) is 15.7. The summed E-state index contributed by atoms with van der Waals surface area (Å²) in [6.07, 6.45) is 2.17. The summed E-state index contributed by atoms with van der Waals surface area (Å²) in [6, 6.07) is 3.57. The lowest BCUT2D eigenvalue weighted by Gasteiger charge is -2.08. The van der Waals surface area contributed by atoms with Gasteiger partial charge in [0.15, 0.2) is 20.6 Å². The first-order chi connectivity index (χ1) is 10.4. The fourth-order valence-corrected chi connectivity index (χ4v) is 5.21. The molecule has 1 N–H and O–H groups in total. The van der Waals surface area contributed by atoms with E-state index in [0.717, 1.165) is 4.88 Å². The number of aryl methyl sites for hydroxylation is 1. The molecule has 0 spiro atoms. The molecule has 2 aromatic rings. The highest BCUT2D eigenvalue weighted by Gasteiger charge is 2.28. The van der Waals surface area contributed by atoms with Crippen molar-refractivity contribution in [2.24, 2.45) is 5.92 Å². The minimum absolute atomic E-state index is 0.00237. The fraction of sp³-hybridized carbons (Fsp3) is 0.429. The molecule has 2 aromatic heterocycles. The average molecular weight is 340 g/mol. The highest BCUT2D eigenvalue weighted by molar-refractivity contribution is 7.91. The summed E-state index contributed by atoms with van der Waals surface area (Å²) < 4.78 is 28.1. The molecule has 0 aliphatic carbocycles. The van der Waals surface area contributed by atoms with Crippen molar-refractivity contribution < 1.29 is 17.6 Å². The first kappa shape index (κ1) is 15.2. The molecular formula is C14H16N2O4S2. The van der Waals surface area contributed by atoms with Crippen molar-refractivity contribution in [3.05, 3.63) is 29.0 Å². The van der Waals surface area contributed by atoms with Crippen LogP contribution in [0.3, 0.4) is 0 Å². The van der Waals surface area contributed by atoms with Gasteiger partial charge in [0, 0.05) is 11.4 Å². The van der Waals surface area contributed by atoms with Gasteiger partial charge < -0.3 is 9.73 Å². The van der Waals surface area contributed by atoms with Crippen LogP contribution in [-0.4, -0.2) is 37.4 Å². The van der Waals surface area contributed by atoms with Crippen LogP contribution >= 0.6 is 11.3 Å². The average Bonchev–Trinajstić information content (AvgIpc) is 3.15. The van der Waals surface area contributed by atoms with Gasteiger partial charge in [-0.15, -0.1) is 11.3 Å². The highest BCUT2D eigenvalue weighted by atomic mass is 32.2. The molecule has 22 heavy (non-hydrogen) atoms. The Labute approximate surface area is 132 Å². The third-order valence-electron chi connectivity index (χ3n) is 3.62. The third kappa shape index (κ3) is 3.22. The van der Waals surface area contributed by atoms with Crippen LogP contribution in [-0.2, 0) is 9.84 Å². The van der Waals surface area contributed by atoms with Crippen molar-refractivity contribution >= 4 is 27.1 Å². The number of hydrogen-bond donors (Lipinski definition) is 1. The maximum absolute atomic E-state index is 12.2. The third-order valence-corrected chi connectivity index (χ3v) is 6.44. The second-order valence-electron chi connectivity index (χ2n) is 5.38. The number of aromatic nitrogens is 1. The molecule has 6 nitrogen and oxygen atoms in total. The Morgan fingerprint density at radius 2 is 2.36 bits per heavy atom. The van der Waals surface area contributed by atoms with Gasteiger partial charge in [-0.1, -0.05) is 0 Å². The molecule has 0 saturated carbocycles. The first-order valence-electron chi connectivity index (χ1n) is 6.94. The fourth-order valence-electron chi connectivity index (χ4n) is 2.47. The Morgan fingerprint density at radius 3 is 3.00 bits per heavy atom. The molecule has 1 aliphatic rings. The summed E-state index contributed by atoms with van der Waals surface area (Å²) in [5, 5.41) is 3.45. The normalized spacial score (nSPS) is 20.1. The van der Waals surface area contributed by atoms with Gasteiger partial charge in [0.1, 0.15) is 5.69 Å². The predicted octanol–water partition coefficient (Wildman–Crippen LogP) is 1.88. The van der Waals surface area contributed by atoms with Gasteiger partial charge in [-0.3, -0.25) is 4.79 Å². The summed E-state index contributed by atoms with van der Waals surface area (Å²) in [6.45, 7) is 2.20. The van der Waals surface area contributed by atoms with Crippen LogP contribution in [0.2, 0.25) is 0 Å². The number of sulfone groups is 1. The Hall–Kier alpha value is -1.67. The van der Waals surface area contributed by atoms with E-state index in [9.17, 15) is 13.2 Å². The first-order valence-corrected chi connectivity index (χ1v) is 9.58. The lowest BCUT2D eigenvalue weighted by molar-refractivity contribution is 0.0943. The van der Waals surface area contributed by atoms with Crippen molar-refractivity contribution in [3.63, 3.8) is 0 Å². The standard InChI is InChI=1S/C14H16N2O4S2/c1-9-12(16-14(21-9)11-3-2-5-20-11)13(17)15-7-10-4-6-22(18,19)8-10/h2-3,5,10H,4,6-8H2,1H3,(H,15,17). The molecule has 3 rings (SSSR count). The molecule has 0 bridgehead atoms. The molecule has 0 radical (unpaired) electrons. The van der Waals surface area contributed by atoms with Crippen molar-refractivity contribution in [1.29, 1.82) is 0 Å². The largest absolute Gasteiger partial charge is 0.462 e. The second kappa shape index (κ2) is 5.85. The van der Waals surface area contributed by atoms with E-state index in [1.54, 1.807) is 18.4 Å². The monoisotopic (exact) mass is 340 g/mol. The molecule has 1 atom stereocenters. The lowest BCUT2D eigenvalue weighted by atomic mass is 10.1. The summed E-state index contributed by atoms with van der Waals surface area (Å²) in [5.41, 5.74) is 0.372. The van der Waals surface area contributed by atoms with Gasteiger partial charge in [-0.25, -0.2) is 13.4 Å². The smallest absolute Gasteiger partial charge is 0.271 e. The summed E-state index contributed by atoms with van der Waals surface area (Å²) in [7, 11) is -2.92. The number of amides is 1. The summed E-state index contributed by atoms with van der Waals surface area (Å²) >= 11 is 1.40. The topological polar surface area (TPSA) is 89.3 Å². The van der Waals surface area contributed by atoms with Crippen molar-refractivity contribution in [1.82, 2.24) is 10.3 Å². The molecule has 118 valence electrons. The molecule has 8 heteroatoms. The number of carbonyl (C=O) groups is 1. The van der Waals surface area contributed by atoms with Crippen LogP contribution in [0.5, 0.6) is 0 Å². The molecule has 1 amide bonds. The molecule has 1 aliphatic heterocycles. The van der Waals surface area contributed by atoms with Gasteiger partial charge in [0.2, 0.25) is 0 Å². The lowest BCUT2D eigenvalue weighted by Crippen LogP contribution is -2.30. The molecule has 3 heterocycles. The van der Waals surface area contributed by atoms with E-state index >= 15 is 0 Å². The van der Waals surface area contributed by atoms with E-state index in [2.05, 4.69) is 10.3 Å². The van der Waals surface area contributed by atoms with E-state index in [-0.39, 0.29) is 23.3 Å². The van der Waals surface area contributed by atoms with Crippen LogP contribution in [0, 0.1) is 12.8 Å². The number of nitrogens with one attached hydrogen (secondary N) is 1. The Balaban J connectivity index is 1.66. The van der Waals surface area contributed by atoms with E-state index in [0.29, 0.717) is 29.4 Å². The molecule has 1 saturated heterocycles. The minimum atomic E-state index is -2.92. The number of furan rings is 1. The Kier molecular flexibility index (Phi) is 4.05. The molecule has 1 unspecified atom stereocenters. The maximum atomic E-state index is 12.2. The number of thiazole rings is 1. The van der Waals surface area contributed by atoms with Crippen LogP contribution in [0.25, 0.3) is 10.8 Å².